The first-order chi connectivity index (χ1) is 23.3. The number of nitrogens with one attached hydrogen (secondary N) is 3. The Morgan fingerprint density at radius 3 is 1.85 bits per heavy atom. The van der Waals surface area contributed by atoms with Gasteiger partial charge >= 0.3 is 5.97 Å². The fraction of sp³-hybridized carbons (Fsp3) is 0.421. The number of hydrogen-bond donors (Lipinski definition) is 3. The highest BCUT2D eigenvalue weighted by atomic mass is 16.5. The Labute approximate surface area is 283 Å². The Kier molecular flexibility index (Phi) is 14.6. The van der Waals surface area contributed by atoms with E-state index in [2.05, 4.69) is 16.0 Å². The molecule has 256 valence electrons. The average molecular weight is 657 g/mol. The Bertz CT molecular complexity index is 1430. The van der Waals surface area contributed by atoms with Crippen LogP contribution >= 0.6 is 0 Å². The highest BCUT2D eigenvalue weighted by Crippen LogP contribution is 2.12. The van der Waals surface area contributed by atoms with Crippen molar-refractivity contribution >= 4 is 23.7 Å². The summed E-state index contributed by atoms with van der Waals surface area (Å²) in [6, 6.07) is 25.7. The van der Waals surface area contributed by atoms with Crippen LogP contribution < -0.4 is 16.0 Å². The van der Waals surface area contributed by atoms with Crippen LogP contribution in [0.4, 0.5) is 0 Å². The molecule has 0 radical (unpaired) electrons. The maximum absolute atomic E-state index is 13.8. The lowest BCUT2D eigenvalue weighted by atomic mass is 10.00. The van der Waals surface area contributed by atoms with Gasteiger partial charge in [-0.05, 0) is 41.9 Å². The molecule has 3 atom stereocenters. The van der Waals surface area contributed by atoms with Gasteiger partial charge in [-0.3, -0.25) is 19.3 Å². The molecule has 3 N–H and O–H groups in total. The third-order valence-corrected chi connectivity index (χ3v) is 8.13. The van der Waals surface area contributed by atoms with E-state index < -0.39 is 35.9 Å². The molecule has 48 heavy (non-hydrogen) atoms. The molecule has 10 nitrogen and oxygen atoms in total. The predicted octanol–water partition coefficient (Wildman–Crippen LogP) is 3.44. The topological polar surface area (TPSA) is 126 Å². The molecule has 0 saturated carbocycles. The van der Waals surface area contributed by atoms with Crippen molar-refractivity contribution in [1.82, 2.24) is 20.9 Å². The first-order valence-corrected chi connectivity index (χ1v) is 16.8. The van der Waals surface area contributed by atoms with Gasteiger partial charge in [-0.2, -0.15) is 0 Å². The van der Waals surface area contributed by atoms with E-state index in [1.807, 2.05) is 110 Å². The van der Waals surface area contributed by atoms with Crippen molar-refractivity contribution in [1.29, 1.82) is 0 Å². The lowest BCUT2D eigenvalue weighted by Gasteiger charge is -2.28. The van der Waals surface area contributed by atoms with Crippen molar-refractivity contribution in [3.63, 3.8) is 0 Å². The van der Waals surface area contributed by atoms with Gasteiger partial charge in [-0.15, -0.1) is 0 Å². The van der Waals surface area contributed by atoms with E-state index >= 15 is 0 Å². The number of aryl methyl sites for hydroxylation is 1. The van der Waals surface area contributed by atoms with Crippen LogP contribution in [-0.2, 0) is 48.1 Å². The molecular weight excluding hydrogens is 608 g/mol. The molecule has 1 aliphatic rings. The Morgan fingerprint density at radius 2 is 1.25 bits per heavy atom. The van der Waals surface area contributed by atoms with E-state index in [1.54, 1.807) is 0 Å². The normalized spacial score (nSPS) is 15.1. The van der Waals surface area contributed by atoms with Crippen LogP contribution in [0.2, 0.25) is 0 Å². The van der Waals surface area contributed by atoms with Crippen molar-refractivity contribution in [3.8, 4) is 0 Å². The third kappa shape index (κ3) is 12.6. The Balaban J connectivity index is 1.46. The number of esters is 1. The van der Waals surface area contributed by atoms with Crippen LogP contribution in [0.1, 0.15) is 43.4 Å². The average Bonchev–Trinajstić information content (AvgIpc) is 3.10. The zero-order chi connectivity index (χ0) is 34.1. The van der Waals surface area contributed by atoms with Gasteiger partial charge in [0.15, 0.2) is 0 Å². The van der Waals surface area contributed by atoms with E-state index in [0.717, 1.165) is 16.7 Å². The Hall–Kier alpha value is -4.54. The summed E-state index contributed by atoms with van der Waals surface area (Å²) in [5.41, 5.74) is 2.72. The molecule has 10 heteroatoms. The van der Waals surface area contributed by atoms with Crippen LogP contribution in [-0.4, -0.2) is 79.6 Å². The van der Waals surface area contributed by atoms with Crippen LogP contribution in [0.3, 0.4) is 0 Å². The number of hydrogen-bond acceptors (Lipinski definition) is 7. The van der Waals surface area contributed by atoms with Gasteiger partial charge in [0.1, 0.15) is 24.7 Å². The van der Waals surface area contributed by atoms with Gasteiger partial charge in [-0.25, -0.2) is 4.79 Å². The number of carbonyl (C=O) groups excluding carboxylic acids is 4. The number of morpholine rings is 1. The van der Waals surface area contributed by atoms with Crippen LogP contribution in [0, 0.1) is 5.92 Å². The summed E-state index contributed by atoms with van der Waals surface area (Å²) in [4.78, 5) is 56.1. The molecule has 0 aliphatic carbocycles. The van der Waals surface area contributed by atoms with E-state index in [4.69, 9.17) is 9.47 Å². The highest BCUT2D eigenvalue weighted by molar-refractivity contribution is 5.93. The summed E-state index contributed by atoms with van der Waals surface area (Å²) in [5.74, 6) is -1.72. The smallest absolute Gasteiger partial charge is 0.329 e. The van der Waals surface area contributed by atoms with Crippen molar-refractivity contribution in [2.45, 2.75) is 64.3 Å². The minimum absolute atomic E-state index is 0.0531. The summed E-state index contributed by atoms with van der Waals surface area (Å²) in [6.07, 6.45) is 1.47. The van der Waals surface area contributed by atoms with Crippen LogP contribution in [0.5, 0.6) is 0 Å². The lowest BCUT2D eigenvalue weighted by Crippen LogP contribution is -2.57. The fourth-order valence-electron chi connectivity index (χ4n) is 5.55. The van der Waals surface area contributed by atoms with Gasteiger partial charge in [0.2, 0.25) is 17.7 Å². The molecule has 0 aromatic heterocycles. The monoisotopic (exact) mass is 656 g/mol. The molecular formula is C38H48N4O6. The molecule has 0 spiro atoms. The van der Waals surface area contributed by atoms with E-state index in [-0.39, 0.29) is 31.4 Å². The van der Waals surface area contributed by atoms with E-state index in [1.165, 1.54) is 0 Å². The first kappa shape index (κ1) is 36.3. The van der Waals surface area contributed by atoms with Gasteiger partial charge in [0.25, 0.3) is 0 Å². The molecule has 1 aliphatic heterocycles. The molecule has 3 aromatic rings. The maximum Gasteiger partial charge on any atom is 0.329 e. The number of amides is 3. The van der Waals surface area contributed by atoms with Gasteiger partial charge < -0.3 is 25.4 Å². The first-order valence-electron chi connectivity index (χ1n) is 16.8. The second-order valence-corrected chi connectivity index (χ2v) is 12.6. The number of nitrogens with zero attached hydrogens (tertiary/aromatic N) is 1. The third-order valence-electron chi connectivity index (χ3n) is 8.13. The molecule has 0 bridgehead atoms. The summed E-state index contributed by atoms with van der Waals surface area (Å²) in [6.45, 7) is 6.54. The van der Waals surface area contributed by atoms with Crippen molar-refractivity contribution in [2.75, 3.05) is 32.8 Å². The molecule has 3 amide bonds. The minimum Gasteiger partial charge on any atom is -0.459 e. The number of carbonyl (C=O) groups is 4. The number of rotatable bonds is 17. The van der Waals surface area contributed by atoms with Crippen molar-refractivity contribution in [3.05, 3.63) is 108 Å². The molecule has 0 unspecified atom stereocenters. The van der Waals surface area contributed by atoms with Gasteiger partial charge in [0.05, 0.1) is 19.8 Å². The maximum atomic E-state index is 13.8. The SMILES string of the molecule is CC(C)C[C@@H](NC(=O)[C@H](CCc1ccccc1)NC(=O)CN1CCOCC1)C(=O)N[C@H](Cc1ccccc1)C(=O)OCc1ccccc1. The Morgan fingerprint density at radius 1 is 0.708 bits per heavy atom. The molecule has 1 heterocycles. The van der Waals surface area contributed by atoms with E-state index in [0.29, 0.717) is 45.6 Å². The van der Waals surface area contributed by atoms with E-state index in [9.17, 15) is 19.2 Å². The second-order valence-electron chi connectivity index (χ2n) is 12.6. The van der Waals surface area contributed by atoms with Crippen LogP contribution in [0.25, 0.3) is 0 Å². The predicted molar refractivity (Wildman–Crippen MR) is 184 cm³/mol. The molecule has 3 aromatic carbocycles. The summed E-state index contributed by atoms with van der Waals surface area (Å²) >= 11 is 0. The zero-order valence-corrected chi connectivity index (χ0v) is 27.9. The van der Waals surface area contributed by atoms with Gasteiger partial charge in [0, 0.05) is 19.5 Å². The molecule has 1 fully saturated rings. The highest BCUT2D eigenvalue weighted by Gasteiger charge is 2.31. The largest absolute Gasteiger partial charge is 0.459 e. The van der Waals surface area contributed by atoms with Crippen molar-refractivity contribution < 1.29 is 28.7 Å². The summed E-state index contributed by atoms with van der Waals surface area (Å²) in [5, 5.41) is 8.69. The van der Waals surface area contributed by atoms with Crippen molar-refractivity contribution in [2.24, 2.45) is 5.92 Å². The minimum atomic E-state index is -0.975. The summed E-state index contributed by atoms with van der Waals surface area (Å²) in [7, 11) is 0. The second kappa shape index (κ2) is 19.3. The molecule has 1 saturated heterocycles. The number of ether oxygens (including phenoxy) is 2. The summed E-state index contributed by atoms with van der Waals surface area (Å²) < 4.78 is 11.0. The van der Waals surface area contributed by atoms with Crippen LogP contribution in [0.15, 0.2) is 91.0 Å². The lowest BCUT2D eigenvalue weighted by molar-refractivity contribution is -0.149. The van der Waals surface area contributed by atoms with Gasteiger partial charge in [-0.1, -0.05) is 105 Å². The fourth-order valence-corrected chi connectivity index (χ4v) is 5.55. The zero-order valence-electron chi connectivity index (χ0n) is 27.9. The quantitative estimate of drug-likeness (QED) is 0.190. The molecule has 4 rings (SSSR count). The number of benzene rings is 3. The standard InChI is InChI=1S/C38H48N4O6/c1-28(2)24-33(37(45)41-34(25-30-14-8-4-9-15-30)38(46)48-27-31-16-10-5-11-17-31)40-36(44)32(19-18-29-12-6-3-7-13-29)39-35(43)26-42-20-22-47-23-21-42/h3-17,28,32-34H,18-27H2,1-2H3,(H,39,43)(H,40,44)(H,41,45)/t32-,33+,34+/m0/s1.